The van der Waals surface area contributed by atoms with Crippen LogP contribution in [0.25, 0.3) is 6.08 Å². The quantitative estimate of drug-likeness (QED) is 0.470. The number of allylic oxidation sites excluding steroid dienone is 1. The van der Waals surface area contributed by atoms with Crippen LogP contribution in [0.1, 0.15) is 30.0 Å². The summed E-state index contributed by atoms with van der Waals surface area (Å²) in [5.74, 6) is 0.843. The molecule has 3 aromatic rings. The van der Waals surface area contributed by atoms with Gasteiger partial charge in [0.25, 0.3) is 5.56 Å². The first-order valence-electron chi connectivity index (χ1n) is 9.41. The van der Waals surface area contributed by atoms with Gasteiger partial charge in [-0.25, -0.2) is 9.79 Å². The van der Waals surface area contributed by atoms with Gasteiger partial charge in [0.05, 0.1) is 21.8 Å². The third kappa shape index (κ3) is 3.59. The number of aryl methyl sites for hydroxylation is 1. The molecule has 0 fully saturated rings. The summed E-state index contributed by atoms with van der Waals surface area (Å²) >= 11 is 1.27. The number of fused-ring (bicyclic) bond motifs is 1. The first-order valence-corrected chi connectivity index (χ1v) is 10.2. The second kappa shape index (κ2) is 8.12. The normalized spacial score (nSPS) is 16.2. The Hall–Kier alpha value is -3.45. The summed E-state index contributed by atoms with van der Waals surface area (Å²) in [5.41, 5.74) is 1.44. The molecule has 0 N–H and O–H groups in total. The molecule has 1 atom stereocenters. The van der Waals surface area contributed by atoms with E-state index in [0.717, 1.165) is 11.3 Å². The van der Waals surface area contributed by atoms with Crippen LogP contribution in [0, 0.1) is 6.92 Å². The number of benzene rings is 1. The Morgan fingerprint density at radius 1 is 1.27 bits per heavy atom. The number of carbonyl (C=O) groups is 1. The molecule has 0 unspecified atom stereocenters. The molecule has 0 bridgehead atoms. The molecule has 6 nitrogen and oxygen atoms in total. The SMILES string of the molecule is C=CCOC(=O)C1=C(C)N=c2sc(=Cc3ccc(C)o3)c(=O)n2[C@H]1c1ccccc1. The average molecular weight is 420 g/mol. The van der Waals surface area contributed by atoms with Crippen LogP contribution in [0.2, 0.25) is 0 Å². The van der Waals surface area contributed by atoms with Crippen LogP contribution in [-0.2, 0) is 9.53 Å². The Balaban J connectivity index is 1.93. The number of rotatable bonds is 5. The molecular weight excluding hydrogens is 400 g/mol. The van der Waals surface area contributed by atoms with Crippen LogP contribution in [0.3, 0.4) is 0 Å². The summed E-state index contributed by atoms with van der Waals surface area (Å²) in [7, 11) is 0. The molecule has 0 aliphatic carbocycles. The minimum Gasteiger partial charge on any atom is -0.462 e. The van der Waals surface area contributed by atoms with E-state index < -0.39 is 12.0 Å². The smallest absolute Gasteiger partial charge is 0.338 e. The predicted molar refractivity (Wildman–Crippen MR) is 115 cm³/mol. The van der Waals surface area contributed by atoms with Gasteiger partial charge in [-0.3, -0.25) is 9.36 Å². The maximum Gasteiger partial charge on any atom is 0.338 e. The molecule has 0 saturated heterocycles. The monoisotopic (exact) mass is 420 g/mol. The average Bonchev–Trinajstić information content (AvgIpc) is 3.28. The number of esters is 1. The molecule has 0 saturated carbocycles. The highest BCUT2D eigenvalue weighted by atomic mass is 32.1. The van der Waals surface area contributed by atoms with E-state index in [0.29, 0.717) is 26.4 Å². The Bertz CT molecular complexity index is 1330. The minimum absolute atomic E-state index is 0.0827. The van der Waals surface area contributed by atoms with Gasteiger partial charge >= 0.3 is 5.97 Å². The van der Waals surface area contributed by atoms with Gasteiger partial charge in [-0.15, -0.1) is 0 Å². The van der Waals surface area contributed by atoms with Gasteiger partial charge < -0.3 is 9.15 Å². The van der Waals surface area contributed by atoms with Crippen LogP contribution in [0.5, 0.6) is 0 Å². The first-order chi connectivity index (χ1) is 14.5. The van der Waals surface area contributed by atoms with Crippen molar-refractivity contribution in [1.29, 1.82) is 0 Å². The van der Waals surface area contributed by atoms with Crippen molar-refractivity contribution in [3.05, 3.63) is 103 Å². The van der Waals surface area contributed by atoms with Crippen LogP contribution in [0.15, 0.2) is 80.6 Å². The van der Waals surface area contributed by atoms with Gasteiger partial charge in [-0.05, 0) is 31.5 Å². The molecule has 1 aliphatic rings. The molecule has 4 rings (SSSR count). The van der Waals surface area contributed by atoms with Crippen molar-refractivity contribution in [2.45, 2.75) is 19.9 Å². The van der Waals surface area contributed by atoms with Crippen molar-refractivity contribution in [2.24, 2.45) is 4.99 Å². The lowest BCUT2D eigenvalue weighted by molar-refractivity contribution is -0.138. The number of furan rings is 1. The van der Waals surface area contributed by atoms with Crippen LogP contribution >= 0.6 is 11.3 Å². The molecule has 3 heterocycles. The highest BCUT2D eigenvalue weighted by Gasteiger charge is 2.33. The molecule has 30 heavy (non-hydrogen) atoms. The second-order valence-corrected chi connectivity index (χ2v) is 7.84. The van der Waals surface area contributed by atoms with Gasteiger partial charge in [0.15, 0.2) is 4.80 Å². The molecule has 0 spiro atoms. The Morgan fingerprint density at radius 3 is 2.70 bits per heavy atom. The number of hydrogen-bond donors (Lipinski definition) is 0. The molecule has 0 radical (unpaired) electrons. The number of ether oxygens (including phenoxy) is 1. The summed E-state index contributed by atoms with van der Waals surface area (Å²) in [5, 5.41) is 0. The fourth-order valence-electron chi connectivity index (χ4n) is 3.41. The molecule has 0 amide bonds. The number of thiazole rings is 1. The van der Waals surface area contributed by atoms with Gasteiger partial charge in [-0.1, -0.05) is 54.3 Å². The highest BCUT2D eigenvalue weighted by molar-refractivity contribution is 7.07. The number of carbonyl (C=O) groups excluding carboxylic acids is 1. The summed E-state index contributed by atoms with van der Waals surface area (Å²) in [6.45, 7) is 7.27. The van der Waals surface area contributed by atoms with Crippen molar-refractivity contribution in [2.75, 3.05) is 6.61 Å². The van der Waals surface area contributed by atoms with Crippen molar-refractivity contribution >= 4 is 23.4 Å². The largest absolute Gasteiger partial charge is 0.462 e. The van der Waals surface area contributed by atoms with E-state index >= 15 is 0 Å². The van der Waals surface area contributed by atoms with E-state index in [9.17, 15) is 9.59 Å². The number of hydrogen-bond acceptors (Lipinski definition) is 6. The van der Waals surface area contributed by atoms with Gasteiger partial charge in [0.2, 0.25) is 0 Å². The van der Waals surface area contributed by atoms with Crippen molar-refractivity contribution in [3.63, 3.8) is 0 Å². The Morgan fingerprint density at radius 2 is 2.03 bits per heavy atom. The van der Waals surface area contributed by atoms with E-state index in [1.54, 1.807) is 17.6 Å². The highest BCUT2D eigenvalue weighted by Crippen LogP contribution is 2.30. The molecular formula is C23H20N2O4S. The van der Waals surface area contributed by atoms with Crippen molar-refractivity contribution in [1.82, 2.24) is 4.57 Å². The van der Waals surface area contributed by atoms with E-state index in [1.165, 1.54) is 17.4 Å². The molecule has 1 aliphatic heterocycles. The molecule has 1 aromatic carbocycles. The van der Waals surface area contributed by atoms with Gasteiger partial charge in [0.1, 0.15) is 18.1 Å². The lowest BCUT2D eigenvalue weighted by Crippen LogP contribution is -2.39. The minimum atomic E-state index is -0.625. The third-order valence-electron chi connectivity index (χ3n) is 4.72. The van der Waals surface area contributed by atoms with Crippen molar-refractivity contribution in [3.8, 4) is 0 Å². The van der Waals surface area contributed by atoms with Crippen LogP contribution in [0.4, 0.5) is 0 Å². The van der Waals surface area contributed by atoms with E-state index in [-0.39, 0.29) is 12.2 Å². The Kier molecular flexibility index (Phi) is 5.37. The summed E-state index contributed by atoms with van der Waals surface area (Å²) in [6.07, 6.45) is 3.21. The number of nitrogens with zero attached hydrogens (tertiary/aromatic N) is 2. The fourth-order valence-corrected chi connectivity index (χ4v) is 4.43. The van der Waals surface area contributed by atoms with Crippen molar-refractivity contribution < 1.29 is 13.9 Å². The zero-order valence-electron chi connectivity index (χ0n) is 16.6. The Labute approximate surface area is 176 Å². The zero-order valence-corrected chi connectivity index (χ0v) is 17.4. The van der Waals surface area contributed by atoms with E-state index in [4.69, 9.17) is 9.15 Å². The van der Waals surface area contributed by atoms with E-state index in [2.05, 4.69) is 11.6 Å². The summed E-state index contributed by atoms with van der Waals surface area (Å²) < 4.78 is 12.9. The van der Waals surface area contributed by atoms with Gasteiger partial charge in [0, 0.05) is 6.08 Å². The predicted octanol–water partition coefficient (Wildman–Crippen LogP) is 2.87. The maximum atomic E-state index is 13.3. The van der Waals surface area contributed by atoms with Crippen LogP contribution in [-0.4, -0.2) is 17.1 Å². The maximum absolute atomic E-state index is 13.3. The fraction of sp³-hybridized carbons (Fsp3) is 0.174. The molecule has 7 heteroatoms. The zero-order chi connectivity index (χ0) is 21.3. The third-order valence-corrected chi connectivity index (χ3v) is 5.71. The number of aromatic nitrogens is 1. The van der Waals surface area contributed by atoms with E-state index in [1.807, 2.05) is 49.4 Å². The molecule has 152 valence electrons. The second-order valence-electron chi connectivity index (χ2n) is 6.83. The van der Waals surface area contributed by atoms with Gasteiger partial charge in [-0.2, -0.15) is 0 Å². The molecule has 2 aromatic heterocycles. The standard InChI is InChI=1S/C23H20N2O4S/c1-4-12-28-22(27)19-15(3)24-23-25(20(19)16-8-6-5-7-9-16)21(26)18(30-23)13-17-11-10-14(2)29-17/h4-11,13,20H,1,12H2,2-3H3/t20-/m0/s1. The van der Waals surface area contributed by atoms with Crippen LogP contribution < -0.4 is 14.9 Å². The lowest BCUT2D eigenvalue weighted by atomic mass is 9.96. The topological polar surface area (TPSA) is 73.8 Å². The summed E-state index contributed by atoms with van der Waals surface area (Å²) in [4.78, 5) is 31.3. The first kappa shape index (κ1) is 19.8. The summed E-state index contributed by atoms with van der Waals surface area (Å²) in [6, 6.07) is 12.4. The lowest BCUT2D eigenvalue weighted by Gasteiger charge is -2.24.